The molecule has 0 bridgehead atoms. The van der Waals surface area contributed by atoms with Gasteiger partial charge in [-0.25, -0.2) is 0 Å². The summed E-state index contributed by atoms with van der Waals surface area (Å²) in [6, 6.07) is 0.790. The third-order valence-electron chi connectivity index (χ3n) is 3.17. The molecular weight excluding hydrogens is 170 g/mol. The molecule has 1 saturated carbocycles. The molecule has 1 saturated heterocycles. The average molecular weight is 199 g/mol. The summed E-state index contributed by atoms with van der Waals surface area (Å²) in [7, 11) is 0. The van der Waals surface area contributed by atoms with Gasteiger partial charge in [0.05, 0.1) is 0 Å². The Labute approximate surface area is 90.7 Å². The smallest absolute Gasteiger partial charge is 0.0184 e. The van der Waals surface area contributed by atoms with Crippen LogP contribution in [0.5, 0.6) is 0 Å². The number of nitrogens with one attached hydrogen (secondary N) is 1. The van der Waals surface area contributed by atoms with Crippen LogP contribution in [-0.4, -0.2) is 11.6 Å². The molecule has 0 aromatic heterocycles. The molecule has 0 aromatic carbocycles. The van der Waals surface area contributed by atoms with E-state index in [4.69, 9.17) is 0 Å². The second-order valence-corrected chi connectivity index (χ2v) is 4.07. The zero-order valence-corrected chi connectivity index (χ0v) is 10.8. The third-order valence-corrected chi connectivity index (χ3v) is 3.17. The molecule has 86 valence electrons. The molecule has 14 heavy (non-hydrogen) atoms. The van der Waals surface area contributed by atoms with Crippen molar-refractivity contribution < 1.29 is 0 Å². The van der Waals surface area contributed by atoms with E-state index < -0.39 is 0 Å². The van der Waals surface area contributed by atoms with Gasteiger partial charge in [0.2, 0.25) is 0 Å². The highest BCUT2D eigenvalue weighted by molar-refractivity contribution is 4.99. The predicted octanol–water partition coefficient (Wildman–Crippen LogP) is 4.12. The molecule has 1 heteroatoms. The van der Waals surface area contributed by atoms with E-state index in [9.17, 15) is 0 Å². The van der Waals surface area contributed by atoms with Crippen molar-refractivity contribution in [3.63, 3.8) is 0 Å². The second-order valence-electron chi connectivity index (χ2n) is 4.07. The number of rotatable bonds is 0. The van der Waals surface area contributed by atoms with E-state index in [1.165, 1.54) is 38.5 Å². The van der Waals surface area contributed by atoms with Gasteiger partial charge in [-0.3, -0.25) is 0 Å². The second kappa shape index (κ2) is 7.28. The van der Waals surface area contributed by atoms with Crippen molar-refractivity contribution in [2.75, 3.05) is 0 Å². The van der Waals surface area contributed by atoms with Crippen LogP contribution in [-0.2, 0) is 0 Å². The van der Waals surface area contributed by atoms with Crippen LogP contribution in [0.25, 0.3) is 0 Å². The normalized spacial score (nSPS) is 27.6. The number of hydrogen-bond acceptors (Lipinski definition) is 1. The average Bonchev–Trinajstić information content (AvgIpc) is 2.84. The molecule has 1 nitrogen and oxygen atoms in total. The van der Waals surface area contributed by atoms with Crippen LogP contribution >= 0.6 is 0 Å². The van der Waals surface area contributed by atoms with Crippen molar-refractivity contribution in [3.05, 3.63) is 0 Å². The molecule has 1 unspecified atom stereocenters. The summed E-state index contributed by atoms with van der Waals surface area (Å²) in [4.78, 5) is 0. The topological polar surface area (TPSA) is 12.0 Å². The van der Waals surface area contributed by atoms with Crippen molar-refractivity contribution in [1.29, 1.82) is 0 Å². The van der Waals surface area contributed by atoms with Gasteiger partial charge in [0.15, 0.2) is 0 Å². The van der Waals surface area contributed by atoms with Crippen LogP contribution < -0.4 is 5.32 Å². The lowest BCUT2D eigenvalue weighted by atomic mass is 9.96. The standard InChI is InChI=1S/C9H17N.2C2H6/c1-8-4-7-9(10-8)5-2-3-6-9;2*1-2/h8,10H,2-7H2,1H3;2*1-2H3. The van der Waals surface area contributed by atoms with Gasteiger partial charge in [-0.05, 0) is 32.6 Å². The summed E-state index contributed by atoms with van der Waals surface area (Å²) < 4.78 is 0. The monoisotopic (exact) mass is 199 g/mol. The van der Waals surface area contributed by atoms with E-state index in [2.05, 4.69) is 12.2 Å². The van der Waals surface area contributed by atoms with Crippen LogP contribution in [0.1, 0.15) is 73.1 Å². The van der Waals surface area contributed by atoms with Crippen LogP contribution in [0.15, 0.2) is 0 Å². The predicted molar refractivity (Wildman–Crippen MR) is 65.7 cm³/mol. The highest BCUT2D eigenvalue weighted by Crippen LogP contribution is 2.38. The molecule has 0 radical (unpaired) electrons. The fourth-order valence-corrected chi connectivity index (χ4v) is 2.61. The summed E-state index contributed by atoms with van der Waals surface area (Å²) in [5.74, 6) is 0. The van der Waals surface area contributed by atoms with Gasteiger partial charge in [-0.2, -0.15) is 0 Å². The van der Waals surface area contributed by atoms with Gasteiger partial charge < -0.3 is 5.32 Å². The minimum Gasteiger partial charge on any atom is -0.309 e. The lowest BCUT2D eigenvalue weighted by Crippen LogP contribution is -2.39. The van der Waals surface area contributed by atoms with Gasteiger partial charge in [0.25, 0.3) is 0 Å². The maximum Gasteiger partial charge on any atom is 0.0184 e. The molecule has 2 fully saturated rings. The van der Waals surface area contributed by atoms with Crippen molar-refractivity contribution in [2.24, 2.45) is 0 Å². The van der Waals surface area contributed by atoms with Gasteiger partial charge in [-0.15, -0.1) is 0 Å². The lowest BCUT2D eigenvalue weighted by Gasteiger charge is -2.23. The van der Waals surface area contributed by atoms with Gasteiger partial charge in [0, 0.05) is 11.6 Å². The fraction of sp³-hybridized carbons (Fsp3) is 1.00. The minimum atomic E-state index is 0.611. The molecule has 1 spiro atoms. The first kappa shape index (κ1) is 14.0. The van der Waals surface area contributed by atoms with Crippen molar-refractivity contribution in [2.45, 2.75) is 84.7 Å². The van der Waals surface area contributed by atoms with E-state index in [1.54, 1.807) is 0 Å². The molecule has 1 aliphatic heterocycles. The van der Waals surface area contributed by atoms with Gasteiger partial charge >= 0.3 is 0 Å². The molecule has 2 rings (SSSR count). The molecule has 1 atom stereocenters. The lowest BCUT2D eigenvalue weighted by molar-refractivity contribution is 0.372. The Morgan fingerprint density at radius 2 is 1.43 bits per heavy atom. The zero-order chi connectivity index (χ0) is 11.0. The Kier molecular flexibility index (Phi) is 7.26. The third kappa shape index (κ3) is 3.61. The molecule has 1 heterocycles. The van der Waals surface area contributed by atoms with Crippen molar-refractivity contribution >= 4 is 0 Å². The Hall–Kier alpha value is -0.0400. The highest BCUT2D eigenvalue weighted by Gasteiger charge is 2.38. The van der Waals surface area contributed by atoms with Crippen LogP contribution in [0.4, 0.5) is 0 Å². The first-order valence-corrected chi connectivity index (χ1v) is 6.58. The summed E-state index contributed by atoms with van der Waals surface area (Å²) in [6.07, 6.45) is 8.64. The largest absolute Gasteiger partial charge is 0.309 e. The Balaban J connectivity index is 0.000000379. The molecule has 0 amide bonds. The van der Waals surface area contributed by atoms with E-state index in [0.717, 1.165) is 6.04 Å². The summed E-state index contributed by atoms with van der Waals surface area (Å²) in [6.45, 7) is 10.3. The van der Waals surface area contributed by atoms with E-state index >= 15 is 0 Å². The zero-order valence-electron chi connectivity index (χ0n) is 10.8. The maximum atomic E-state index is 3.73. The van der Waals surface area contributed by atoms with Crippen LogP contribution in [0, 0.1) is 0 Å². The number of hydrogen-bond donors (Lipinski definition) is 1. The SMILES string of the molecule is CC.CC.CC1CCC2(CCCC2)N1. The molecule has 0 aromatic rings. The summed E-state index contributed by atoms with van der Waals surface area (Å²) >= 11 is 0. The van der Waals surface area contributed by atoms with E-state index in [-0.39, 0.29) is 0 Å². The quantitative estimate of drug-likeness (QED) is 0.618. The fourth-order valence-electron chi connectivity index (χ4n) is 2.61. The first-order valence-electron chi connectivity index (χ1n) is 6.58. The van der Waals surface area contributed by atoms with Crippen LogP contribution in [0.2, 0.25) is 0 Å². The van der Waals surface area contributed by atoms with Gasteiger partial charge in [-0.1, -0.05) is 40.5 Å². The minimum absolute atomic E-state index is 0.611. The van der Waals surface area contributed by atoms with Crippen molar-refractivity contribution in [3.8, 4) is 0 Å². The summed E-state index contributed by atoms with van der Waals surface area (Å²) in [5.41, 5.74) is 0.611. The van der Waals surface area contributed by atoms with Gasteiger partial charge in [0.1, 0.15) is 0 Å². The Morgan fingerprint density at radius 1 is 0.929 bits per heavy atom. The van der Waals surface area contributed by atoms with E-state index in [1.807, 2.05) is 27.7 Å². The molecule has 1 aliphatic carbocycles. The molecule has 2 aliphatic rings. The molecular formula is C13H29N. The first-order chi connectivity index (χ1) is 6.81. The Morgan fingerprint density at radius 3 is 1.79 bits per heavy atom. The highest BCUT2D eigenvalue weighted by atomic mass is 15.0. The molecule has 1 N–H and O–H groups in total. The van der Waals surface area contributed by atoms with Crippen molar-refractivity contribution in [1.82, 2.24) is 5.32 Å². The summed E-state index contributed by atoms with van der Waals surface area (Å²) in [5, 5.41) is 3.73. The Bertz CT molecular complexity index is 125. The van der Waals surface area contributed by atoms with Crippen LogP contribution in [0.3, 0.4) is 0 Å². The maximum absolute atomic E-state index is 3.73. The van der Waals surface area contributed by atoms with E-state index in [0.29, 0.717) is 5.54 Å².